The van der Waals surface area contributed by atoms with Gasteiger partial charge in [-0.25, -0.2) is 17.7 Å². The van der Waals surface area contributed by atoms with E-state index in [4.69, 9.17) is 0 Å². The van der Waals surface area contributed by atoms with E-state index in [0.717, 1.165) is 0 Å². The number of piperidine rings is 1. The third-order valence-electron chi connectivity index (χ3n) is 4.88. The molecule has 26 heavy (non-hydrogen) atoms. The summed E-state index contributed by atoms with van der Waals surface area (Å²) < 4.78 is 67.3. The van der Waals surface area contributed by atoms with Crippen molar-refractivity contribution in [2.45, 2.75) is 44.7 Å². The van der Waals surface area contributed by atoms with Crippen LogP contribution in [0.3, 0.4) is 0 Å². The topological polar surface area (TPSA) is 55.2 Å². The zero-order valence-electron chi connectivity index (χ0n) is 14.7. The lowest BCUT2D eigenvalue weighted by Gasteiger charge is -2.32. The molecule has 0 unspecified atom stereocenters. The Hall–Kier alpha value is -1.61. The SMILES string of the molecule is CC(C)S(=O)(=O)N1CCC(Cn2c(C(F)(F)F)nc3ccccc32)CC1. The van der Waals surface area contributed by atoms with Gasteiger partial charge in [0.2, 0.25) is 15.8 Å². The molecule has 1 aliphatic heterocycles. The highest BCUT2D eigenvalue weighted by Gasteiger charge is 2.38. The number of halogens is 3. The van der Waals surface area contributed by atoms with E-state index in [9.17, 15) is 21.6 Å². The number of para-hydroxylation sites is 2. The Morgan fingerprint density at radius 1 is 1.19 bits per heavy atom. The van der Waals surface area contributed by atoms with Crippen molar-refractivity contribution < 1.29 is 21.6 Å². The first kappa shape index (κ1) is 19.2. The molecule has 5 nitrogen and oxygen atoms in total. The van der Waals surface area contributed by atoms with Crippen LogP contribution >= 0.6 is 0 Å². The van der Waals surface area contributed by atoms with Gasteiger partial charge in [0, 0.05) is 19.6 Å². The molecular formula is C17H22F3N3O2S. The van der Waals surface area contributed by atoms with Gasteiger partial charge in [0.05, 0.1) is 16.3 Å². The van der Waals surface area contributed by atoms with Crippen LogP contribution in [-0.4, -0.2) is 40.6 Å². The van der Waals surface area contributed by atoms with Gasteiger partial charge in [0.1, 0.15) is 0 Å². The molecule has 0 amide bonds. The minimum atomic E-state index is -4.53. The molecule has 1 saturated heterocycles. The summed E-state index contributed by atoms with van der Waals surface area (Å²) in [5.74, 6) is -0.914. The third-order valence-corrected chi connectivity index (χ3v) is 7.15. The van der Waals surface area contributed by atoms with Crippen LogP contribution in [-0.2, 0) is 22.7 Å². The number of sulfonamides is 1. The minimum absolute atomic E-state index is 0.0210. The number of rotatable bonds is 4. The molecule has 0 spiro atoms. The highest BCUT2D eigenvalue weighted by atomic mass is 32.2. The Morgan fingerprint density at radius 2 is 1.81 bits per heavy atom. The maximum absolute atomic E-state index is 13.4. The van der Waals surface area contributed by atoms with Crippen molar-refractivity contribution in [1.82, 2.24) is 13.9 Å². The lowest BCUT2D eigenvalue weighted by Crippen LogP contribution is -2.42. The second-order valence-corrected chi connectivity index (χ2v) is 9.46. The van der Waals surface area contributed by atoms with Crippen LogP contribution in [0.15, 0.2) is 24.3 Å². The second-order valence-electron chi connectivity index (χ2n) is 6.97. The molecule has 3 rings (SSSR count). The first-order chi connectivity index (χ1) is 12.1. The van der Waals surface area contributed by atoms with Crippen LogP contribution in [0.25, 0.3) is 11.0 Å². The van der Waals surface area contributed by atoms with Gasteiger partial charge in [-0.05, 0) is 44.7 Å². The highest BCUT2D eigenvalue weighted by molar-refractivity contribution is 7.89. The summed E-state index contributed by atoms with van der Waals surface area (Å²) in [6.07, 6.45) is -3.45. The zero-order valence-corrected chi connectivity index (χ0v) is 15.5. The van der Waals surface area contributed by atoms with E-state index in [0.29, 0.717) is 37.0 Å². The van der Waals surface area contributed by atoms with Gasteiger partial charge < -0.3 is 4.57 Å². The largest absolute Gasteiger partial charge is 0.449 e. The predicted molar refractivity (Wildman–Crippen MR) is 93.1 cm³/mol. The van der Waals surface area contributed by atoms with Gasteiger partial charge in [0.25, 0.3) is 0 Å². The average molecular weight is 389 g/mol. The molecule has 0 aliphatic carbocycles. The van der Waals surface area contributed by atoms with Crippen LogP contribution in [0.5, 0.6) is 0 Å². The maximum Gasteiger partial charge on any atom is 0.449 e. The van der Waals surface area contributed by atoms with E-state index in [1.54, 1.807) is 38.1 Å². The van der Waals surface area contributed by atoms with Gasteiger partial charge in [-0.1, -0.05) is 12.1 Å². The smallest absolute Gasteiger partial charge is 0.320 e. The molecular weight excluding hydrogens is 367 g/mol. The monoisotopic (exact) mass is 389 g/mol. The van der Waals surface area contributed by atoms with Crippen LogP contribution < -0.4 is 0 Å². The van der Waals surface area contributed by atoms with Crippen LogP contribution in [0, 0.1) is 5.92 Å². The molecule has 0 N–H and O–H groups in total. The minimum Gasteiger partial charge on any atom is -0.320 e. The Bertz CT molecular complexity index is 882. The van der Waals surface area contributed by atoms with Crippen LogP contribution in [0.1, 0.15) is 32.5 Å². The molecule has 0 saturated carbocycles. The van der Waals surface area contributed by atoms with Gasteiger partial charge in [-0.3, -0.25) is 0 Å². The summed E-state index contributed by atoms with van der Waals surface area (Å²) in [5, 5.41) is -0.492. The van der Waals surface area contributed by atoms with E-state index in [1.165, 1.54) is 8.87 Å². The average Bonchev–Trinajstić information content (AvgIpc) is 2.94. The first-order valence-corrected chi connectivity index (χ1v) is 10.1. The summed E-state index contributed by atoms with van der Waals surface area (Å²) in [4.78, 5) is 3.76. The summed E-state index contributed by atoms with van der Waals surface area (Å²) in [6, 6.07) is 6.56. The van der Waals surface area contributed by atoms with E-state index in [1.807, 2.05) is 0 Å². The van der Waals surface area contributed by atoms with Crippen LogP contribution in [0.2, 0.25) is 0 Å². The fourth-order valence-electron chi connectivity index (χ4n) is 3.38. The molecule has 144 valence electrons. The van der Waals surface area contributed by atoms with Crippen molar-refractivity contribution in [2.75, 3.05) is 13.1 Å². The quantitative estimate of drug-likeness (QED) is 0.804. The van der Waals surface area contributed by atoms with Crippen molar-refractivity contribution >= 4 is 21.1 Å². The zero-order chi connectivity index (χ0) is 19.1. The number of hydrogen-bond donors (Lipinski definition) is 0. The second kappa shape index (κ2) is 6.84. The molecule has 1 aromatic carbocycles. The number of hydrogen-bond acceptors (Lipinski definition) is 3. The Balaban J connectivity index is 1.81. The Kier molecular flexibility index (Phi) is 5.04. The van der Waals surface area contributed by atoms with E-state index in [2.05, 4.69) is 4.98 Å². The lowest BCUT2D eigenvalue weighted by molar-refractivity contribution is -0.147. The fraction of sp³-hybridized carbons (Fsp3) is 0.588. The van der Waals surface area contributed by atoms with E-state index >= 15 is 0 Å². The standard InChI is InChI=1S/C17H22F3N3O2S/c1-12(2)26(24,25)22-9-7-13(8-10-22)11-23-15-6-4-3-5-14(15)21-16(23)17(18,19)20/h3-6,12-13H,7-11H2,1-2H3. The molecule has 9 heteroatoms. The number of imidazole rings is 1. The maximum atomic E-state index is 13.4. The number of fused-ring (bicyclic) bond motifs is 1. The summed E-state index contributed by atoms with van der Waals surface area (Å²) in [6.45, 7) is 4.15. The van der Waals surface area contributed by atoms with Gasteiger partial charge >= 0.3 is 6.18 Å². The van der Waals surface area contributed by atoms with Crippen molar-refractivity contribution in [1.29, 1.82) is 0 Å². The van der Waals surface area contributed by atoms with Crippen molar-refractivity contribution in [3.63, 3.8) is 0 Å². The molecule has 0 atom stereocenters. The van der Waals surface area contributed by atoms with E-state index < -0.39 is 27.3 Å². The van der Waals surface area contributed by atoms with Crippen LogP contribution in [0.4, 0.5) is 13.2 Å². The summed E-state index contributed by atoms with van der Waals surface area (Å²) >= 11 is 0. The van der Waals surface area contributed by atoms with Crippen molar-refractivity contribution in [2.24, 2.45) is 5.92 Å². The van der Waals surface area contributed by atoms with E-state index in [-0.39, 0.29) is 12.5 Å². The van der Waals surface area contributed by atoms with Crippen molar-refractivity contribution in [3.8, 4) is 0 Å². The molecule has 1 fully saturated rings. The lowest BCUT2D eigenvalue weighted by atomic mass is 9.98. The highest BCUT2D eigenvalue weighted by Crippen LogP contribution is 2.33. The predicted octanol–water partition coefficient (Wildman–Crippen LogP) is 3.51. The Labute approximate surface area is 150 Å². The van der Waals surface area contributed by atoms with Gasteiger partial charge in [0.15, 0.2) is 0 Å². The molecule has 2 heterocycles. The summed E-state index contributed by atoms with van der Waals surface area (Å²) in [5.41, 5.74) is 0.775. The molecule has 1 aromatic heterocycles. The first-order valence-electron chi connectivity index (χ1n) is 8.62. The molecule has 2 aromatic rings. The molecule has 0 bridgehead atoms. The van der Waals surface area contributed by atoms with Crippen molar-refractivity contribution in [3.05, 3.63) is 30.1 Å². The summed E-state index contributed by atoms with van der Waals surface area (Å²) in [7, 11) is -3.32. The third kappa shape index (κ3) is 3.59. The van der Waals surface area contributed by atoms with Gasteiger partial charge in [-0.2, -0.15) is 13.2 Å². The number of nitrogens with zero attached hydrogens (tertiary/aromatic N) is 3. The molecule has 1 aliphatic rings. The van der Waals surface area contributed by atoms with Gasteiger partial charge in [-0.15, -0.1) is 0 Å². The number of alkyl halides is 3. The Morgan fingerprint density at radius 3 is 2.38 bits per heavy atom. The molecule has 0 radical (unpaired) electrons. The number of aromatic nitrogens is 2. The fourth-order valence-corrected chi connectivity index (χ4v) is 4.70. The number of benzene rings is 1. The normalized spacial score (nSPS) is 18.1.